The van der Waals surface area contributed by atoms with Crippen LogP contribution in [0.4, 0.5) is 0 Å². The second-order valence-corrected chi connectivity index (χ2v) is 15.5. The first-order chi connectivity index (χ1) is 27.7. The van der Waals surface area contributed by atoms with Crippen molar-refractivity contribution in [3.05, 3.63) is 0 Å². The number of aliphatic hydroxyl groups excluding tert-OH is 11. The van der Waals surface area contributed by atoms with Gasteiger partial charge in [-0.3, -0.25) is 9.59 Å². The average Bonchev–Trinajstić information content (AvgIpc) is 3.19. The van der Waals surface area contributed by atoms with Gasteiger partial charge in [0, 0.05) is 38.7 Å². The fourth-order valence-corrected chi connectivity index (χ4v) is 7.02. The number of hydrogen-bond donors (Lipinski definition) is 14. The topological polar surface area (TPSA) is 351 Å². The first kappa shape index (κ1) is 54.2. The molecule has 20 atom stereocenters. The van der Waals surface area contributed by atoms with E-state index < -0.39 is 128 Å². The third-order valence-corrected chi connectivity index (χ3v) is 10.6. The van der Waals surface area contributed by atoms with Gasteiger partial charge < -0.3 is 99.2 Å². The number of aliphatic hydroxyl groups is 11. The van der Waals surface area contributed by atoms with Gasteiger partial charge in [-0.1, -0.05) is 0 Å². The highest BCUT2D eigenvalue weighted by Gasteiger charge is 2.48. The number of carbonyl (C=O) groups is 2. The summed E-state index contributed by atoms with van der Waals surface area (Å²) >= 11 is 7.70. The Hall–Kier alpha value is -0.920. The summed E-state index contributed by atoms with van der Waals surface area (Å²) in [6, 6.07) is 0. The van der Waals surface area contributed by atoms with Crippen LogP contribution in [0, 0.1) is 5.92 Å². The van der Waals surface area contributed by atoms with Crippen LogP contribution in [0.5, 0.6) is 0 Å². The number of hydrogen-bond acceptors (Lipinski definition) is 23. The number of thiol groups is 2. The molecule has 59 heavy (non-hydrogen) atoms. The van der Waals surface area contributed by atoms with Gasteiger partial charge in [0.1, 0.15) is 91.2 Å². The van der Waals surface area contributed by atoms with Crippen molar-refractivity contribution in [2.24, 2.45) is 5.92 Å². The second-order valence-electron chi connectivity index (χ2n) is 14.6. The lowest BCUT2D eigenvalue weighted by Gasteiger charge is -2.43. The van der Waals surface area contributed by atoms with E-state index in [1.165, 1.54) is 21.1 Å². The zero-order valence-electron chi connectivity index (χ0n) is 33.3. The maximum Gasteiger partial charge on any atom is 0.304 e. The summed E-state index contributed by atoms with van der Waals surface area (Å²) in [5.74, 6) is -0.588. The summed E-state index contributed by atoms with van der Waals surface area (Å²) in [6.45, 7) is 2.68. The van der Waals surface area contributed by atoms with E-state index in [1.807, 2.05) is 0 Å². The molecular formula is C35H64O22S2. The summed E-state index contributed by atoms with van der Waals surface area (Å²) in [5.41, 5.74) is 0. The number of aliphatic carboxylic acids is 1. The molecule has 0 saturated carbocycles. The van der Waals surface area contributed by atoms with E-state index in [1.54, 1.807) is 6.92 Å². The minimum Gasteiger partial charge on any atom is -0.481 e. The van der Waals surface area contributed by atoms with Crippen molar-refractivity contribution in [3.8, 4) is 0 Å². The van der Waals surface area contributed by atoms with Crippen LogP contribution in [0.3, 0.4) is 0 Å². The van der Waals surface area contributed by atoms with Crippen LogP contribution in [-0.4, -0.2) is 242 Å². The highest BCUT2D eigenvalue weighted by atomic mass is 32.1. The Morgan fingerprint density at radius 1 is 0.492 bits per heavy atom. The fourth-order valence-electron chi connectivity index (χ4n) is 6.58. The summed E-state index contributed by atoms with van der Waals surface area (Å²) in [5, 5.41) is 118. The van der Waals surface area contributed by atoms with Crippen LogP contribution in [0.15, 0.2) is 0 Å². The molecule has 4 saturated heterocycles. The molecule has 0 aromatic rings. The standard InChI is InChI=1S/C18H32O10S.C14H26O10.C3H6O2S/c1-8-10(5-9(19)3-4-29)13(20)14(21)12(27-8)7-26-18-17(24)16(23)15(22)11(28-18)6-25-2;1-5-8(15)11(18)10(17)7(23-5)4-22-14-13(20)12(19)9(16)6(24-14)3-21-2;4-3(5)1-2-6/h8,10-18,20-24,29H,3-7H2,1-2H3;5-20H,3-4H2,1-2H3;6H,1-2H2,(H,4,5). The second kappa shape index (κ2) is 26.6. The summed E-state index contributed by atoms with van der Waals surface area (Å²) in [4.78, 5) is 21.4. The molecule has 4 aliphatic heterocycles. The molecular weight excluding hydrogens is 836 g/mol. The van der Waals surface area contributed by atoms with Crippen LogP contribution in [-0.2, 0) is 47.5 Å². The van der Waals surface area contributed by atoms with Crippen LogP contribution in [0.1, 0.15) is 33.1 Å². The number of carboxylic acid groups (broad SMARTS) is 1. The molecule has 0 spiro atoms. The fraction of sp³-hybridized carbons (Fsp3) is 0.943. The van der Waals surface area contributed by atoms with E-state index in [4.69, 9.17) is 43.0 Å². The van der Waals surface area contributed by atoms with Crippen molar-refractivity contribution in [1.29, 1.82) is 0 Å². The van der Waals surface area contributed by atoms with Crippen molar-refractivity contribution in [2.75, 3.05) is 52.2 Å². The first-order valence-electron chi connectivity index (χ1n) is 19.0. The summed E-state index contributed by atoms with van der Waals surface area (Å²) in [7, 11) is 2.79. The minimum absolute atomic E-state index is 0.0186. The lowest BCUT2D eigenvalue weighted by molar-refractivity contribution is -0.314. The van der Waals surface area contributed by atoms with E-state index in [0.29, 0.717) is 11.5 Å². The highest BCUT2D eigenvalue weighted by Crippen LogP contribution is 2.31. The predicted molar refractivity (Wildman–Crippen MR) is 205 cm³/mol. The molecule has 4 aliphatic rings. The van der Waals surface area contributed by atoms with Gasteiger partial charge in [-0.15, -0.1) is 0 Å². The molecule has 4 rings (SSSR count). The Labute approximate surface area is 352 Å². The normalized spacial score (nSPS) is 42.5. The summed E-state index contributed by atoms with van der Waals surface area (Å²) < 4.78 is 42.5. The number of carboxylic acids is 1. The molecule has 12 N–H and O–H groups in total. The lowest BCUT2D eigenvalue weighted by atomic mass is 9.83. The maximum atomic E-state index is 11.9. The number of Topliss-reactive ketones (excluding diaryl/α,β-unsaturated/α-hetero) is 1. The van der Waals surface area contributed by atoms with Gasteiger partial charge in [0.15, 0.2) is 12.6 Å². The van der Waals surface area contributed by atoms with Crippen LogP contribution in [0.25, 0.3) is 0 Å². The Balaban J connectivity index is 0.000000362. The Morgan fingerprint density at radius 3 is 1.24 bits per heavy atom. The predicted octanol–water partition coefficient (Wildman–Crippen LogP) is -5.42. The van der Waals surface area contributed by atoms with Gasteiger partial charge in [-0.25, -0.2) is 0 Å². The molecule has 0 radical (unpaired) electrons. The van der Waals surface area contributed by atoms with E-state index >= 15 is 0 Å². The Morgan fingerprint density at radius 2 is 0.864 bits per heavy atom. The zero-order valence-corrected chi connectivity index (χ0v) is 35.0. The highest BCUT2D eigenvalue weighted by molar-refractivity contribution is 7.80. The molecule has 4 heterocycles. The van der Waals surface area contributed by atoms with Crippen molar-refractivity contribution in [3.63, 3.8) is 0 Å². The molecule has 0 bridgehead atoms. The molecule has 24 heteroatoms. The van der Waals surface area contributed by atoms with Crippen molar-refractivity contribution < 1.29 is 109 Å². The maximum absolute atomic E-state index is 11.9. The Bertz CT molecular complexity index is 1210. The average molecular weight is 901 g/mol. The molecule has 0 amide bonds. The molecule has 20 unspecified atom stereocenters. The van der Waals surface area contributed by atoms with Gasteiger partial charge in [0.25, 0.3) is 0 Å². The van der Waals surface area contributed by atoms with E-state index in [0.717, 1.165) is 0 Å². The third-order valence-electron chi connectivity index (χ3n) is 10.1. The smallest absolute Gasteiger partial charge is 0.304 e. The minimum atomic E-state index is -1.52. The van der Waals surface area contributed by atoms with E-state index in [-0.39, 0.29) is 51.5 Å². The van der Waals surface area contributed by atoms with Gasteiger partial charge in [-0.2, -0.15) is 25.3 Å². The van der Waals surface area contributed by atoms with Gasteiger partial charge >= 0.3 is 5.97 Å². The quantitative estimate of drug-likeness (QED) is 0.0643. The van der Waals surface area contributed by atoms with Crippen LogP contribution >= 0.6 is 25.3 Å². The van der Waals surface area contributed by atoms with E-state index in [9.17, 15) is 65.8 Å². The molecule has 4 fully saturated rings. The van der Waals surface area contributed by atoms with Crippen LogP contribution < -0.4 is 0 Å². The largest absolute Gasteiger partial charge is 0.481 e. The number of ketones is 1. The van der Waals surface area contributed by atoms with E-state index in [2.05, 4.69) is 25.3 Å². The first-order valence-corrected chi connectivity index (χ1v) is 20.3. The SMILES string of the molecule is COCC1OC(OCC2OC(C)C(CC(=O)CCS)C(O)C2O)C(O)C(O)C1O.COCC1OC(OCC2OC(C)C(O)C(O)C2O)C(O)C(O)C1O.O=C(O)CCS. The molecule has 0 aromatic heterocycles. The number of methoxy groups -OCH3 is 2. The molecule has 0 aliphatic carbocycles. The van der Waals surface area contributed by atoms with Crippen molar-refractivity contribution in [1.82, 2.24) is 0 Å². The Kier molecular flexibility index (Phi) is 24.5. The molecule has 348 valence electrons. The van der Waals surface area contributed by atoms with Crippen LogP contribution in [0.2, 0.25) is 0 Å². The zero-order chi connectivity index (χ0) is 44.7. The van der Waals surface area contributed by atoms with Gasteiger partial charge in [0.2, 0.25) is 0 Å². The van der Waals surface area contributed by atoms with Gasteiger partial charge in [-0.05, 0) is 19.6 Å². The summed E-state index contributed by atoms with van der Waals surface area (Å²) in [6.07, 6.45) is -22.2. The number of ether oxygens (including phenoxy) is 8. The van der Waals surface area contributed by atoms with Crippen molar-refractivity contribution in [2.45, 2.75) is 149 Å². The lowest BCUT2D eigenvalue weighted by Crippen LogP contribution is -2.61. The third kappa shape index (κ3) is 15.7. The number of rotatable bonds is 16. The monoisotopic (exact) mass is 900 g/mol. The van der Waals surface area contributed by atoms with Crippen molar-refractivity contribution >= 4 is 37.0 Å². The molecule has 22 nitrogen and oxygen atoms in total. The number of carbonyl (C=O) groups excluding carboxylic acids is 1. The molecule has 0 aromatic carbocycles. The van der Waals surface area contributed by atoms with Gasteiger partial charge in [0.05, 0.1) is 51.2 Å².